The molecule has 0 bridgehead atoms. The Labute approximate surface area is 106 Å². The Bertz CT molecular complexity index is 564. The Balaban J connectivity index is 1.84. The fourth-order valence-electron chi connectivity index (χ4n) is 2.55. The summed E-state index contributed by atoms with van der Waals surface area (Å²) < 4.78 is 0. The van der Waals surface area contributed by atoms with E-state index in [9.17, 15) is 4.79 Å². The molecule has 1 aliphatic carbocycles. The molecule has 0 saturated heterocycles. The lowest BCUT2D eigenvalue weighted by molar-refractivity contribution is -0.120. The van der Waals surface area contributed by atoms with Crippen LogP contribution in [0.1, 0.15) is 25.7 Å². The summed E-state index contributed by atoms with van der Waals surface area (Å²) in [6.07, 6.45) is 7.01. The third-order valence-corrected chi connectivity index (χ3v) is 3.58. The van der Waals surface area contributed by atoms with Crippen molar-refractivity contribution in [1.29, 1.82) is 0 Å². The fourth-order valence-corrected chi connectivity index (χ4v) is 2.55. The van der Waals surface area contributed by atoms with E-state index in [0.717, 1.165) is 23.9 Å². The van der Waals surface area contributed by atoms with Crippen molar-refractivity contribution in [2.24, 2.45) is 0 Å². The van der Waals surface area contributed by atoms with Crippen LogP contribution in [-0.4, -0.2) is 16.8 Å². The van der Waals surface area contributed by atoms with Crippen LogP contribution in [0.15, 0.2) is 36.7 Å². The van der Waals surface area contributed by atoms with Crippen molar-refractivity contribution in [2.75, 3.05) is 5.32 Å². The van der Waals surface area contributed by atoms with Crippen LogP contribution in [-0.2, 0) is 4.79 Å². The van der Waals surface area contributed by atoms with Crippen LogP contribution in [0.5, 0.6) is 0 Å². The first-order chi connectivity index (χ1) is 8.83. The normalized spacial score (nSPS) is 17.0. The van der Waals surface area contributed by atoms with Crippen LogP contribution in [0, 0.1) is 0 Å². The molecule has 1 aromatic heterocycles. The molecule has 0 aliphatic heterocycles. The second kappa shape index (κ2) is 4.77. The molecule has 3 nitrogen and oxygen atoms in total. The van der Waals surface area contributed by atoms with Gasteiger partial charge in [-0.15, -0.1) is 0 Å². The molecule has 1 aromatic carbocycles. The van der Waals surface area contributed by atoms with E-state index in [1.807, 2.05) is 24.5 Å². The molecule has 2 aromatic rings. The number of fused-ring (bicyclic) bond motifs is 1. The van der Waals surface area contributed by atoms with E-state index in [1.165, 1.54) is 5.39 Å². The first kappa shape index (κ1) is 11.2. The number of anilines is 1. The van der Waals surface area contributed by atoms with E-state index >= 15 is 0 Å². The molecule has 1 heterocycles. The van der Waals surface area contributed by atoms with Gasteiger partial charge in [-0.25, -0.2) is 0 Å². The van der Waals surface area contributed by atoms with E-state index in [2.05, 4.69) is 22.4 Å². The van der Waals surface area contributed by atoms with Gasteiger partial charge in [0, 0.05) is 47.7 Å². The molecule has 92 valence electrons. The van der Waals surface area contributed by atoms with Gasteiger partial charge >= 0.3 is 0 Å². The van der Waals surface area contributed by atoms with E-state index < -0.39 is 0 Å². The number of carbonyl (C=O) groups is 1. The van der Waals surface area contributed by atoms with Crippen LogP contribution >= 0.6 is 0 Å². The first-order valence-corrected chi connectivity index (χ1v) is 6.44. The second-order valence-corrected chi connectivity index (χ2v) is 4.86. The standard InChI is InChI=1S/C15H16N2O/c18-13-6-4-12(5-7-13)17-15-3-1-2-11-10-16-9-8-14(11)15/h1-3,8-10,12,17H,4-7H2. The maximum Gasteiger partial charge on any atom is 0.133 e. The summed E-state index contributed by atoms with van der Waals surface area (Å²) >= 11 is 0. The number of aromatic nitrogens is 1. The molecule has 3 heteroatoms. The predicted molar refractivity (Wildman–Crippen MR) is 72.6 cm³/mol. The Kier molecular flexibility index (Phi) is 2.97. The summed E-state index contributed by atoms with van der Waals surface area (Å²) in [5.74, 6) is 0.398. The second-order valence-electron chi connectivity index (χ2n) is 4.86. The number of carbonyl (C=O) groups excluding carboxylic acids is 1. The topological polar surface area (TPSA) is 42.0 Å². The van der Waals surface area contributed by atoms with Crippen LogP contribution in [0.4, 0.5) is 5.69 Å². The largest absolute Gasteiger partial charge is 0.382 e. The molecule has 0 radical (unpaired) electrons. The van der Waals surface area contributed by atoms with Gasteiger partial charge in [0.2, 0.25) is 0 Å². The lowest BCUT2D eigenvalue weighted by Gasteiger charge is -2.24. The number of rotatable bonds is 2. The monoisotopic (exact) mass is 240 g/mol. The first-order valence-electron chi connectivity index (χ1n) is 6.44. The molecular formula is C15H16N2O. The van der Waals surface area contributed by atoms with Crippen LogP contribution in [0.2, 0.25) is 0 Å². The zero-order chi connectivity index (χ0) is 12.4. The quantitative estimate of drug-likeness (QED) is 0.876. The smallest absolute Gasteiger partial charge is 0.133 e. The van der Waals surface area contributed by atoms with E-state index in [0.29, 0.717) is 24.7 Å². The molecular weight excluding hydrogens is 224 g/mol. The van der Waals surface area contributed by atoms with Gasteiger partial charge in [-0.3, -0.25) is 9.78 Å². The molecule has 1 fully saturated rings. The minimum absolute atomic E-state index is 0.398. The van der Waals surface area contributed by atoms with Crippen molar-refractivity contribution in [2.45, 2.75) is 31.7 Å². The van der Waals surface area contributed by atoms with Crippen molar-refractivity contribution in [1.82, 2.24) is 4.98 Å². The molecule has 3 rings (SSSR count). The van der Waals surface area contributed by atoms with Gasteiger partial charge in [0.15, 0.2) is 0 Å². The van der Waals surface area contributed by atoms with Crippen LogP contribution < -0.4 is 5.32 Å². The maximum absolute atomic E-state index is 11.2. The zero-order valence-electron chi connectivity index (χ0n) is 10.2. The van der Waals surface area contributed by atoms with Gasteiger partial charge in [0.25, 0.3) is 0 Å². The van der Waals surface area contributed by atoms with Crippen LogP contribution in [0.25, 0.3) is 10.8 Å². The summed E-state index contributed by atoms with van der Waals surface area (Å²) in [6, 6.07) is 8.66. The number of ketones is 1. The van der Waals surface area contributed by atoms with Crippen molar-refractivity contribution in [3.05, 3.63) is 36.7 Å². The summed E-state index contributed by atoms with van der Waals surface area (Å²) in [5.41, 5.74) is 1.15. The Morgan fingerprint density at radius 3 is 2.83 bits per heavy atom. The lowest BCUT2D eigenvalue weighted by Crippen LogP contribution is -2.26. The van der Waals surface area contributed by atoms with Crippen molar-refractivity contribution >= 4 is 22.2 Å². The summed E-state index contributed by atoms with van der Waals surface area (Å²) in [5, 5.41) is 5.91. The van der Waals surface area contributed by atoms with E-state index in [-0.39, 0.29) is 0 Å². The van der Waals surface area contributed by atoms with Gasteiger partial charge in [0.1, 0.15) is 5.78 Å². The Hall–Kier alpha value is -1.90. The molecule has 0 amide bonds. The molecule has 0 spiro atoms. The average Bonchev–Trinajstić information content (AvgIpc) is 2.42. The number of nitrogens with zero attached hydrogens (tertiary/aromatic N) is 1. The lowest BCUT2D eigenvalue weighted by atomic mass is 9.94. The van der Waals surface area contributed by atoms with Gasteiger partial charge in [-0.05, 0) is 25.0 Å². The third kappa shape index (κ3) is 2.21. The number of hydrogen-bond acceptors (Lipinski definition) is 3. The van der Waals surface area contributed by atoms with Crippen molar-refractivity contribution in [3.63, 3.8) is 0 Å². The minimum Gasteiger partial charge on any atom is -0.382 e. The molecule has 1 N–H and O–H groups in total. The van der Waals surface area contributed by atoms with Crippen LogP contribution in [0.3, 0.4) is 0 Å². The van der Waals surface area contributed by atoms with E-state index in [1.54, 1.807) is 0 Å². The molecule has 18 heavy (non-hydrogen) atoms. The summed E-state index contributed by atoms with van der Waals surface area (Å²) in [4.78, 5) is 15.4. The number of nitrogens with one attached hydrogen (secondary N) is 1. The molecule has 0 unspecified atom stereocenters. The molecule has 1 aliphatic rings. The minimum atomic E-state index is 0.398. The van der Waals surface area contributed by atoms with Gasteiger partial charge < -0.3 is 5.32 Å². The maximum atomic E-state index is 11.2. The Morgan fingerprint density at radius 2 is 2.00 bits per heavy atom. The number of benzene rings is 1. The van der Waals surface area contributed by atoms with Crippen molar-refractivity contribution < 1.29 is 4.79 Å². The number of pyridine rings is 1. The Morgan fingerprint density at radius 1 is 1.17 bits per heavy atom. The van der Waals surface area contributed by atoms with Crippen molar-refractivity contribution in [3.8, 4) is 0 Å². The molecule has 1 saturated carbocycles. The highest BCUT2D eigenvalue weighted by Crippen LogP contribution is 2.26. The fraction of sp³-hybridized carbons (Fsp3) is 0.333. The molecule has 0 atom stereocenters. The highest BCUT2D eigenvalue weighted by atomic mass is 16.1. The van der Waals surface area contributed by atoms with Gasteiger partial charge in [-0.1, -0.05) is 12.1 Å². The number of Topliss-reactive ketones (excluding diaryl/α,β-unsaturated/α-hetero) is 1. The number of hydrogen-bond donors (Lipinski definition) is 1. The SMILES string of the molecule is O=C1CCC(Nc2cccc3cnccc23)CC1. The average molecular weight is 240 g/mol. The van der Waals surface area contributed by atoms with Gasteiger partial charge in [0.05, 0.1) is 0 Å². The van der Waals surface area contributed by atoms with Gasteiger partial charge in [-0.2, -0.15) is 0 Å². The summed E-state index contributed by atoms with van der Waals surface area (Å²) in [7, 11) is 0. The van der Waals surface area contributed by atoms with E-state index in [4.69, 9.17) is 0 Å². The zero-order valence-corrected chi connectivity index (χ0v) is 10.2. The summed E-state index contributed by atoms with van der Waals surface area (Å²) in [6.45, 7) is 0. The predicted octanol–water partition coefficient (Wildman–Crippen LogP) is 3.16. The highest BCUT2D eigenvalue weighted by Gasteiger charge is 2.18. The third-order valence-electron chi connectivity index (χ3n) is 3.58. The highest BCUT2D eigenvalue weighted by molar-refractivity contribution is 5.93.